The molecule has 3 heteroatoms. The minimum atomic E-state index is 0.397. The van der Waals surface area contributed by atoms with E-state index in [9.17, 15) is 5.11 Å². The van der Waals surface area contributed by atoms with Crippen molar-refractivity contribution in [1.82, 2.24) is 10.2 Å². The van der Waals surface area contributed by atoms with Crippen LogP contribution in [0, 0.1) is 0 Å². The summed E-state index contributed by atoms with van der Waals surface area (Å²) in [7, 11) is 0. The number of nitrogens with one attached hydrogen (secondary N) is 1. The summed E-state index contributed by atoms with van der Waals surface area (Å²) in [6.07, 6.45) is 7.72. The number of benzene rings is 1. The normalized spacial score (nSPS) is 23.5. The monoisotopic (exact) mass is 274 g/mol. The molecule has 2 aliphatic rings. The van der Waals surface area contributed by atoms with Crippen molar-refractivity contribution in [2.45, 2.75) is 44.6 Å². The van der Waals surface area contributed by atoms with Crippen molar-refractivity contribution >= 4 is 0 Å². The van der Waals surface area contributed by atoms with Crippen LogP contribution >= 0.6 is 0 Å². The second-order valence-electron chi connectivity index (χ2n) is 6.18. The third-order valence-corrected chi connectivity index (χ3v) is 4.71. The van der Waals surface area contributed by atoms with Crippen molar-refractivity contribution < 1.29 is 5.11 Å². The summed E-state index contributed by atoms with van der Waals surface area (Å²) in [6.45, 7) is 4.75. The highest BCUT2D eigenvalue weighted by Crippen LogP contribution is 2.31. The zero-order valence-corrected chi connectivity index (χ0v) is 12.3. The first-order valence-corrected chi connectivity index (χ1v) is 8.10. The first-order chi connectivity index (χ1) is 9.83. The molecule has 3 nitrogen and oxygen atoms in total. The predicted molar refractivity (Wildman–Crippen MR) is 82.1 cm³/mol. The summed E-state index contributed by atoms with van der Waals surface area (Å²) in [4.78, 5) is 2.57. The van der Waals surface area contributed by atoms with Gasteiger partial charge in [-0.3, -0.25) is 0 Å². The largest absolute Gasteiger partial charge is 0.508 e. The lowest BCUT2D eigenvalue weighted by Crippen LogP contribution is -2.37. The van der Waals surface area contributed by atoms with Gasteiger partial charge < -0.3 is 15.3 Å². The standard InChI is InChI=1S/C17H26N2O/c20-15-8-7-14-5-4-6-17(16(14)13-15)18-9-12-19-10-2-1-3-11-19/h7-8,13,17-18,20H,1-6,9-12H2. The fourth-order valence-electron chi connectivity index (χ4n) is 3.58. The molecule has 0 aromatic heterocycles. The average molecular weight is 274 g/mol. The second-order valence-corrected chi connectivity index (χ2v) is 6.18. The number of nitrogens with zero attached hydrogens (tertiary/aromatic N) is 1. The van der Waals surface area contributed by atoms with Gasteiger partial charge in [-0.25, -0.2) is 0 Å². The Morgan fingerprint density at radius 1 is 1.15 bits per heavy atom. The van der Waals surface area contributed by atoms with Crippen molar-refractivity contribution in [1.29, 1.82) is 0 Å². The van der Waals surface area contributed by atoms with E-state index in [1.54, 1.807) is 0 Å². The zero-order valence-electron chi connectivity index (χ0n) is 12.3. The number of aryl methyl sites for hydroxylation is 1. The van der Waals surface area contributed by atoms with Gasteiger partial charge in [-0.2, -0.15) is 0 Å². The molecule has 1 unspecified atom stereocenters. The molecule has 1 aromatic carbocycles. The number of aromatic hydroxyl groups is 1. The van der Waals surface area contributed by atoms with E-state index >= 15 is 0 Å². The number of piperidine rings is 1. The molecular formula is C17H26N2O. The molecule has 2 N–H and O–H groups in total. The average Bonchev–Trinajstić information content (AvgIpc) is 2.49. The van der Waals surface area contributed by atoms with Crippen molar-refractivity contribution in [3.63, 3.8) is 0 Å². The van der Waals surface area contributed by atoms with E-state index in [1.165, 1.54) is 56.3 Å². The highest BCUT2D eigenvalue weighted by Gasteiger charge is 2.20. The summed E-state index contributed by atoms with van der Waals surface area (Å²) in [5.74, 6) is 0.397. The maximum Gasteiger partial charge on any atom is 0.115 e. The number of fused-ring (bicyclic) bond motifs is 1. The van der Waals surface area contributed by atoms with E-state index in [2.05, 4.69) is 16.3 Å². The van der Waals surface area contributed by atoms with E-state index in [4.69, 9.17) is 0 Å². The SMILES string of the molecule is Oc1ccc2c(c1)C(NCCN1CCCCC1)CCC2. The predicted octanol–water partition coefficient (Wildman–Crippen LogP) is 2.85. The summed E-state index contributed by atoms with van der Waals surface area (Å²) in [5.41, 5.74) is 2.72. The molecule has 110 valence electrons. The molecule has 0 saturated carbocycles. The van der Waals surface area contributed by atoms with Crippen LogP contribution in [0.4, 0.5) is 0 Å². The van der Waals surface area contributed by atoms with Crippen molar-refractivity contribution in [2.24, 2.45) is 0 Å². The molecule has 0 radical (unpaired) electrons. The topological polar surface area (TPSA) is 35.5 Å². The lowest BCUT2D eigenvalue weighted by Gasteiger charge is -2.30. The van der Waals surface area contributed by atoms with Gasteiger partial charge >= 0.3 is 0 Å². The molecule has 0 amide bonds. The fraction of sp³-hybridized carbons (Fsp3) is 0.647. The number of likely N-dealkylation sites (tertiary alicyclic amines) is 1. The van der Waals surface area contributed by atoms with E-state index in [1.807, 2.05) is 12.1 Å². The first kappa shape index (κ1) is 13.9. The highest BCUT2D eigenvalue weighted by atomic mass is 16.3. The molecule has 1 aliphatic carbocycles. The second kappa shape index (κ2) is 6.59. The number of hydrogen-bond acceptors (Lipinski definition) is 3. The third kappa shape index (κ3) is 3.33. The van der Waals surface area contributed by atoms with E-state index < -0.39 is 0 Å². The molecule has 0 spiro atoms. The van der Waals surface area contributed by atoms with Crippen molar-refractivity contribution in [2.75, 3.05) is 26.2 Å². The summed E-state index contributed by atoms with van der Waals surface area (Å²) < 4.78 is 0. The molecule has 1 saturated heterocycles. The van der Waals surface area contributed by atoms with Gasteiger partial charge in [0.05, 0.1) is 0 Å². The zero-order chi connectivity index (χ0) is 13.8. The molecule has 3 rings (SSSR count). The lowest BCUT2D eigenvalue weighted by atomic mass is 9.87. The summed E-state index contributed by atoms with van der Waals surface area (Å²) in [6, 6.07) is 6.28. The van der Waals surface area contributed by atoms with Crippen LogP contribution in [-0.2, 0) is 6.42 Å². The van der Waals surface area contributed by atoms with Crippen molar-refractivity contribution in [3.05, 3.63) is 29.3 Å². The molecular weight excluding hydrogens is 248 g/mol. The molecule has 1 heterocycles. The number of hydrogen-bond donors (Lipinski definition) is 2. The Balaban J connectivity index is 1.54. The number of phenolic OH excluding ortho intramolecular Hbond substituents is 1. The number of rotatable bonds is 4. The molecule has 1 aliphatic heterocycles. The maximum atomic E-state index is 9.70. The van der Waals surface area contributed by atoms with Gasteiger partial charge in [-0.15, -0.1) is 0 Å². The van der Waals surface area contributed by atoms with Gasteiger partial charge in [0.25, 0.3) is 0 Å². The van der Waals surface area contributed by atoms with Gasteiger partial charge in [0.2, 0.25) is 0 Å². The van der Waals surface area contributed by atoms with Gasteiger partial charge in [0.15, 0.2) is 0 Å². The summed E-state index contributed by atoms with van der Waals surface area (Å²) >= 11 is 0. The number of phenols is 1. The van der Waals surface area contributed by atoms with Crippen molar-refractivity contribution in [3.8, 4) is 5.75 Å². The van der Waals surface area contributed by atoms with Crippen LogP contribution in [-0.4, -0.2) is 36.2 Å². The van der Waals surface area contributed by atoms with Crippen LogP contribution in [0.25, 0.3) is 0 Å². The molecule has 20 heavy (non-hydrogen) atoms. The smallest absolute Gasteiger partial charge is 0.115 e. The first-order valence-electron chi connectivity index (χ1n) is 8.10. The van der Waals surface area contributed by atoms with E-state index in [0.29, 0.717) is 11.8 Å². The molecule has 0 bridgehead atoms. The van der Waals surface area contributed by atoms with Gasteiger partial charge in [-0.1, -0.05) is 12.5 Å². The Bertz CT molecular complexity index is 441. The van der Waals surface area contributed by atoms with E-state index in [0.717, 1.165) is 19.5 Å². The van der Waals surface area contributed by atoms with Crippen LogP contribution in [0.15, 0.2) is 18.2 Å². The Kier molecular flexibility index (Phi) is 4.58. The van der Waals surface area contributed by atoms with Gasteiger partial charge in [-0.05, 0) is 68.5 Å². The maximum absolute atomic E-state index is 9.70. The Morgan fingerprint density at radius 3 is 2.85 bits per heavy atom. The lowest BCUT2D eigenvalue weighted by molar-refractivity contribution is 0.225. The Labute approximate surface area is 122 Å². The summed E-state index contributed by atoms with van der Waals surface area (Å²) in [5, 5.41) is 13.4. The molecule has 1 fully saturated rings. The minimum Gasteiger partial charge on any atom is -0.508 e. The minimum absolute atomic E-state index is 0.397. The fourth-order valence-corrected chi connectivity index (χ4v) is 3.58. The van der Waals surface area contributed by atoms with Crippen LogP contribution in [0.2, 0.25) is 0 Å². The van der Waals surface area contributed by atoms with Crippen LogP contribution < -0.4 is 5.32 Å². The van der Waals surface area contributed by atoms with Crippen LogP contribution in [0.1, 0.15) is 49.3 Å². The molecule has 1 aromatic rings. The Morgan fingerprint density at radius 2 is 2.00 bits per heavy atom. The van der Waals surface area contributed by atoms with Crippen LogP contribution in [0.3, 0.4) is 0 Å². The Hall–Kier alpha value is -1.06. The molecule has 1 atom stereocenters. The van der Waals surface area contributed by atoms with Crippen LogP contribution in [0.5, 0.6) is 5.75 Å². The van der Waals surface area contributed by atoms with Gasteiger partial charge in [0.1, 0.15) is 5.75 Å². The van der Waals surface area contributed by atoms with Gasteiger partial charge in [0, 0.05) is 19.1 Å². The van der Waals surface area contributed by atoms with E-state index in [-0.39, 0.29) is 0 Å². The third-order valence-electron chi connectivity index (χ3n) is 4.71. The highest BCUT2D eigenvalue weighted by molar-refractivity contribution is 5.38. The quantitative estimate of drug-likeness (QED) is 0.886.